The van der Waals surface area contributed by atoms with E-state index in [1.165, 1.54) is 0 Å². The molecule has 0 N–H and O–H groups in total. The minimum atomic E-state index is 0.730. The van der Waals surface area contributed by atoms with Gasteiger partial charge < -0.3 is 4.57 Å². The summed E-state index contributed by atoms with van der Waals surface area (Å²) >= 11 is 5.96. The van der Waals surface area contributed by atoms with E-state index in [0.717, 1.165) is 28.3 Å². The fourth-order valence-electron chi connectivity index (χ4n) is 1.84. The molecule has 84 valence electrons. The Labute approximate surface area is 104 Å². The van der Waals surface area contributed by atoms with Gasteiger partial charge in [0, 0.05) is 11.2 Å². The standard InChI is InChI=1S/C13H10ClN3/c14-11-4-1-3-10(7-11)8-17-9-16-12-5-2-6-15-13(12)17/h1-7,9H,8H2. The molecule has 3 nitrogen and oxygen atoms in total. The van der Waals surface area contributed by atoms with Crippen molar-refractivity contribution < 1.29 is 0 Å². The Morgan fingerprint density at radius 2 is 2.06 bits per heavy atom. The van der Waals surface area contributed by atoms with Crippen LogP contribution in [0.5, 0.6) is 0 Å². The molecule has 0 saturated carbocycles. The largest absolute Gasteiger partial charge is 0.311 e. The molecule has 0 amide bonds. The van der Waals surface area contributed by atoms with Gasteiger partial charge in [0.05, 0.1) is 12.9 Å². The van der Waals surface area contributed by atoms with Crippen LogP contribution < -0.4 is 0 Å². The molecule has 2 aromatic heterocycles. The van der Waals surface area contributed by atoms with Crippen LogP contribution in [-0.4, -0.2) is 14.5 Å². The number of aromatic nitrogens is 3. The summed E-state index contributed by atoms with van der Waals surface area (Å²) in [6, 6.07) is 11.7. The SMILES string of the molecule is Clc1cccc(Cn2cnc3cccnc32)c1. The van der Waals surface area contributed by atoms with Crippen LogP contribution in [0.2, 0.25) is 5.02 Å². The lowest BCUT2D eigenvalue weighted by molar-refractivity contribution is 0.814. The third kappa shape index (κ3) is 2.01. The summed E-state index contributed by atoms with van der Waals surface area (Å²) < 4.78 is 2.01. The molecule has 0 bridgehead atoms. The zero-order valence-electron chi connectivity index (χ0n) is 9.05. The smallest absolute Gasteiger partial charge is 0.160 e. The van der Waals surface area contributed by atoms with Gasteiger partial charge in [-0.05, 0) is 29.8 Å². The van der Waals surface area contributed by atoms with Crippen LogP contribution >= 0.6 is 11.6 Å². The molecule has 0 fully saturated rings. The van der Waals surface area contributed by atoms with E-state index < -0.39 is 0 Å². The number of hydrogen-bond acceptors (Lipinski definition) is 2. The second-order valence-corrected chi connectivity index (χ2v) is 4.28. The van der Waals surface area contributed by atoms with Gasteiger partial charge in [-0.3, -0.25) is 0 Å². The van der Waals surface area contributed by atoms with Gasteiger partial charge >= 0.3 is 0 Å². The zero-order chi connectivity index (χ0) is 11.7. The molecule has 1 aromatic carbocycles. The van der Waals surface area contributed by atoms with Crippen molar-refractivity contribution in [3.63, 3.8) is 0 Å². The van der Waals surface area contributed by atoms with E-state index in [4.69, 9.17) is 11.6 Å². The number of nitrogens with zero attached hydrogens (tertiary/aromatic N) is 3. The molecule has 3 aromatic rings. The maximum absolute atomic E-state index is 5.96. The molecule has 0 radical (unpaired) electrons. The van der Waals surface area contributed by atoms with Gasteiger partial charge in [0.15, 0.2) is 5.65 Å². The summed E-state index contributed by atoms with van der Waals surface area (Å²) in [4.78, 5) is 8.63. The Morgan fingerprint density at radius 3 is 2.94 bits per heavy atom. The minimum Gasteiger partial charge on any atom is -0.311 e. The molecule has 0 saturated heterocycles. The Kier molecular flexibility index (Phi) is 2.53. The van der Waals surface area contributed by atoms with Crippen LogP contribution in [0.1, 0.15) is 5.56 Å². The molecule has 0 aliphatic heterocycles. The van der Waals surface area contributed by atoms with Gasteiger partial charge in [0.2, 0.25) is 0 Å². The highest BCUT2D eigenvalue weighted by atomic mass is 35.5. The Bertz CT molecular complexity index is 660. The van der Waals surface area contributed by atoms with Crippen molar-refractivity contribution in [2.75, 3.05) is 0 Å². The van der Waals surface area contributed by atoms with Gasteiger partial charge in [0.1, 0.15) is 5.52 Å². The molecule has 3 rings (SSSR count). The molecular weight excluding hydrogens is 234 g/mol. The molecule has 0 unspecified atom stereocenters. The summed E-state index contributed by atoms with van der Waals surface area (Å²) in [5.41, 5.74) is 2.95. The number of rotatable bonds is 2. The number of halogens is 1. The summed E-state index contributed by atoms with van der Waals surface area (Å²) in [7, 11) is 0. The van der Waals surface area contributed by atoms with Crippen LogP contribution in [0.3, 0.4) is 0 Å². The monoisotopic (exact) mass is 243 g/mol. The van der Waals surface area contributed by atoms with Gasteiger partial charge in [-0.1, -0.05) is 23.7 Å². The van der Waals surface area contributed by atoms with Crippen molar-refractivity contribution in [1.82, 2.24) is 14.5 Å². The lowest BCUT2D eigenvalue weighted by Crippen LogP contribution is -1.98. The number of hydrogen-bond donors (Lipinski definition) is 0. The number of imidazole rings is 1. The van der Waals surface area contributed by atoms with Gasteiger partial charge in [-0.15, -0.1) is 0 Å². The summed E-state index contributed by atoms with van der Waals surface area (Å²) in [5.74, 6) is 0. The molecule has 0 aliphatic carbocycles. The fraction of sp³-hybridized carbons (Fsp3) is 0.0769. The maximum atomic E-state index is 5.96. The average molecular weight is 244 g/mol. The molecule has 0 spiro atoms. The summed E-state index contributed by atoms with van der Waals surface area (Å²) in [5, 5.41) is 0.750. The summed E-state index contributed by atoms with van der Waals surface area (Å²) in [6.45, 7) is 0.730. The first-order valence-electron chi connectivity index (χ1n) is 5.33. The normalized spacial score (nSPS) is 10.9. The number of pyridine rings is 1. The molecule has 2 heterocycles. The van der Waals surface area contributed by atoms with Crippen LogP contribution in [0.25, 0.3) is 11.2 Å². The topological polar surface area (TPSA) is 30.7 Å². The van der Waals surface area contributed by atoms with E-state index in [-0.39, 0.29) is 0 Å². The van der Waals surface area contributed by atoms with E-state index in [0.29, 0.717) is 0 Å². The predicted octanol–water partition coefficient (Wildman–Crippen LogP) is 3.13. The minimum absolute atomic E-state index is 0.730. The van der Waals surface area contributed by atoms with Crippen molar-refractivity contribution in [2.45, 2.75) is 6.54 Å². The van der Waals surface area contributed by atoms with Crippen LogP contribution in [0.4, 0.5) is 0 Å². The second-order valence-electron chi connectivity index (χ2n) is 3.85. The van der Waals surface area contributed by atoms with Gasteiger partial charge in [0.25, 0.3) is 0 Å². The molecule has 0 atom stereocenters. The third-order valence-electron chi connectivity index (χ3n) is 2.62. The Balaban J connectivity index is 2.00. The second kappa shape index (κ2) is 4.18. The first kappa shape index (κ1) is 10.3. The zero-order valence-corrected chi connectivity index (χ0v) is 9.80. The van der Waals surface area contributed by atoms with Crippen LogP contribution in [0, 0.1) is 0 Å². The van der Waals surface area contributed by atoms with Gasteiger partial charge in [-0.25, -0.2) is 9.97 Å². The Hall–Kier alpha value is -1.87. The highest BCUT2D eigenvalue weighted by Crippen LogP contribution is 2.14. The first-order chi connectivity index (χ1) is 8.33. The van der Waals surface area contributed by atoms with Crippen LogP contribution in [0.15, 0.2) is 48.9 Å². The Morgan fingerprint density at radius 1 is 1.12 bits per heavy atom. The van der Waals surface area contributed by atoms with E-state index in [2.05, 4.69) is 9.97 Å². The van der Waals surface area contributed by atoms with Crippen molar-refractivity contribution in [3.05, 3.63) is 59.5 Å². The van der Waals surface area contributed by atoms with E-state index in [1.54, 1.807) is 12.5 Å². The lowest BCUT2D eigenvalue weighted by atomic mass is 10.2. The number of benzene rings is 1. The molecule has 17 heavy (non-hydrogen) atoms. The average Bonchev–Trinajstić information content (AvgIpc) is 2.73. The third-order valence-corrected chi connectivity index (χ3v) is 2.85. The maximum Gasteiger partial charge on any atom is 0.160 e. The van der Waals surface area contributed by atoms with Crippen molar-refractivity contribution >= 4 is 22.8 Å². The lowest BCUT2D eigenvalue weighted by Gasteiger charge is -2.04. The fourth-order valence-corrected chi connectivity index (χ4v) is 2.06. The first-order valence-corrected chi connectivity index (χ1v) is 5.71. The van der Waals surface area contributed by atoms with E-state index in [9.17, 15) is 0 Å². The quantitative estimate of drug-likeness (QED) is 0.692. The van der Waals surface area contributed by atoms with Crippen LogP contribution in [-0.2, 0) is 6.54 Å². The number of fused-ring (bicyclic) bond motifs is 1. The van der Waals surface area contributed by atoms with E-state index in [1.807, 2.05) is 41.0 Å². The van der Waals surface area contributed by atoms with E-state index >= 15 is 0 Å². The van der Waals surface area contributed by atoms with Crippen molar-refractivity contribution in [1.29, 1.82) is 0 Å². The van der Waals surface area contributed by atoms with Crippen molar-refractivity contribution in [3.8, 4) is 0 Å². The molecule has 4 heteroatoms. The molecular formula is C13H10ClN3. The van der Waals surface area contributed by atoms with Crippen molar-refractivity contribution in [2.24, 2.45) is 0 Å². The predicted molar refractivity (Wildman–Crippen MR) is 68.1 cm³/mol. The highest BCUT2D eigenvalue weighted by molar-refractivity contribution is 6.30. The van der Waals surface area contributed by atoms with Gasteiger partial charge in [-0.2, -0.15) is 0 Å². The highest BCUT2D eigenvalue weighted by Gasteiger charge is 2.03. The summed E-state index contributed by atoms with van der Waals surface area (Å²) in [6.07, 6.45) is 3.58. The molecule has 0 aliphatic rings.